The largest absolute Gasteiger partial charge is 0.477 e. The molecule has 1 aromatic heterocycles. The van der Waals surface area contributed by atoms with Gasteiger partial charge in [-0.3, -0.25) is 9.00 Å². The Bertz CT molecular complexity index is 1190. The van der Waals surface area contributed by atoms with Crippen LogP contribution in [0, 0.1) is 6.92 Å². The first kappa shape index (κ1) is 22.4. The third-order valence-corrected chi connectivity index (χ3v) is 5.94. The third-order valence-electron chi connectivity index (χ3n) is 4.96. The number of benzene rings is 2. The highest BCUT2D eigenvalue weighted by atomic mass is 32.2. The molecule has 1 unspecified atom stereocenters. The van der Waals surface area contributed by atoms with Crippen molar-refractivity contribution in [2.75, 3.05) is 11.6 Å². The lowest BCUT2D eigenvalue weighted by Crippen LogP contribution is -2.16. The molecule has 0 aliphatic rings. The average molecular weight is 440 g/mol. The summed E-state index contributed by atoms with van der Waals surface area (Å²) in [5.74, 6) is -1.09. The molecule has 162 valence electrons. The number of amides is 1. The van der Waals surface area contributed by atoms with E-state index in [2.05, 4.69) is 36.1 Å². The van der Waals surface area contributed by atoms with Crippen LogP contribution in [0.1, 0.15) is 52.7 Å². The van der Waals surface area contributed by atoms with Gasteiger partial charge in [0.1, 0.15) is 11.5 Å². The van der Waals surface area contributed by atoms with E-state index < -0.39 is 16.8 Å². The predicted molar refractivity (Wildman–Crippen MR) is 121 cm³/mol. The zero-order valence-corrected chi connectivity index (χ0v) is 18.9. The van der Waals surface area contributed by atoms with Gasteiger partial charge in [-0.2, -0.15) is 0 Å². The number of aromatic carboxylic acids is 1. The second kappa shape index (κ2) is 8.47. The highest BCUT2D eigenvalue weighted by Gasteiger charge is 2.19. The van der Waals surface area contributed by atoms with Crippen molar-refractivity contribution in [1.29, 1.82) is 0 Å². The Kier molecular flexibility index (Phi) is 6.13. The molecule has 0 saturated heterocycles. The lowest BCUT2D eigenvalue weighted by atomic mass is 9.87. The van der Waals surface area contributed by atoms with Gasteiger partial charge in [-0.25, -0.2) is 9.78 Å². The number of hydrogen-bond acceptors (Lipinski definition) is 4. The minimum atomic E-state index is -1.27. The molecule has 8 heteroatoms. The van der Waals surface area contributed by atoms with Gasteiger partial charge in [0.25, 0.3) is 5.91 Å². The van der Waals surface area contributed by atoms with Crippen LogP contribution < -0.4 is 5.32 Å². The van der Waals surface area contributed by atoms with E-state index in [9.17, 15) is 13.8 Å². The van der Waals surface area contributed by atoms with Crippen LogP contribution in [-0.4, -0.2) is 37.4 Å². The lowest BCUT2D eigenvalue weighted by molar-refractivity contribution is 0.0691. The molecule has 0 radical (unpaired) electrons. The van der Waals surface area contributed by atoms with Crippen molar-refractivity contribution >= 4 is 28.4 Å². The minimum absolute atomic E-state index is 0.0293. The fourth-order valence-corrected chi connectivity index (χ4v) is 3.80. The van der Waals surface area contributed by atoms with E-state index >= 15 is 0 Å². The van der Waals surface area contributed by atoms with Crippen LogP contribution in [-0.2, 0) is 16.2 Å². The number of anilines is 1. The van der Waals surface area contributed by atoms with Crippen LogP contribution >= 0.6 is 0 Å². The van der Waals surface area contributed by atoms with Gasteiger partial charge in [-0.05, 0) is 47.7 Å². The van der Waals surface area contributed by atoms with Gasteiger partial charge in [0.05, 0.1) is 27.6 Å². The van der Waals surface area contributed by atoms with E-state index in [1.54, 1.807) is 30.5 Å². The summed E-state index contributed by atoms with van der Waals surface area (Å²) in [5.41, 5.74) is 3.20. The van der Waals surface area contributed by atoms with Crippen molar-refractivity contribution in [3.05, 3.63) is 65.0 Å². The second-order valence-electron chi connectivity index (χ2n) is 8.35. The highest BCUT2D eigenvalue weighted by molar-refractivity contribution is 7.84. The summed E-state index contributed by atoms with van der Waals surface area (Å²) in [6, 6.07) is 10.7. The molecule has 0 saturated carbocycles. The molecule has 31 heavy (non-hydrogen) atoms. The van der Waals surface area contributed by atoms with Gasteiger partial charge in [0, 0.05) is 17.4 Å². The number of nitrogens with zero attached hydrogens (tertiary/aromatic N) is 1. The Labute approximate surface area is 183 Å². The summed E-state index contributed by atoms with van der Waals surface area (Å²) in [5, 5.41) is 12.0. The first-order chi connectivity index (χ1) is 14.5. The van der Waals surface area contributed by atoms with E-state index in [1.165, 1.54) is 6.20 Å². The molecule has 3 aromatic rings. The summed E-state index contributed by atoms with van der Waals surface area (Å²) >= 11 is 0. The summed E-state index contributed by atoms with van der Waals surface area (Å²) in [4.78, 5) is 31.6. The van der Waals surface area contributed by atoms with Crippen LogP contribution in [0.15, 0.2) is 47.5 Å². The Morgan fingerprint density at radius 2 is 1.84 bits per heavy atom. The second-order valence-corrected chi connectivity index (χ2v) is 9.70. The molecule has 1 amide bonds. The molecule has 0 aliphatic carbocycles. The van der Waals surface area contributed by atoms with E-state index in [1.807, 2.05) is 19.1 Å². The summed E-state index contributed by atoms with van der Waals surface area (Å²) in [6.07, 6.45) is 2.81. The zero-order valence-electron chi connectivity index (χ0n) is 18.1. The van der Waals surface area contributed by atoms with Crippen LogP contribution in [0.3, 0.4) is 0 Å². The first-order valence-electron chi connectivity index (χ1n) is 9.66. The Hall–Kier alpha value is -3.26. The van der Waals surface area contributed by atoms with E-state index in [-0.39, 0.29) is 17.0 Å². The Morgan fingerprint density at radius 3 is 2.42 bits per heavy atom. The molecule has 0 aliphatic heterocycles. The zero-order chi connectivity index (χ0) is 22.9. The molecular formula is C23H25N3O4S. The van der Waals surface area contributed by atoms with Crippen molar-refractivity contribution in [1.82, 2.24) is 9.97 Å². The standard InChI is InChI=1S/C23H25N3O4S/c1-13-6-7-14(10-16(13)20-24-12-18(25-20)22(28)29)21(27)26-17-11-15(23(2,3)4)8-9-19(17)31(5)30/h6-12H,1-5H3,(H,24,25)(H,26,27)(H,28,29). The number of imidazole rings is 1. The molecule has 0 bridgehead atoms. The number of rotatable bonds is 5. The Balaban J connectivity index is 1.97. The summed E-state index contributed by atoms with van der Waals surface area (Å²) < 4.78 is 12.2. The third kappa shape index (κ3) is 4.91. The van der Waals surface area contributed by atoms with Gasteiger partial charge in [0.15, 0.2) is 0 Å². The maximum atomic E-state index is 13.0. The fourth-order valence-electron chi connectivity index (χ4n) is 3.12. The van der Waals surface area contributed by atoms with Crippen molar-refractivity contribution in [2.24, 2.45) is 0 Å². The maximum absolute atomic E-state index is 13.0. The SMILES string of the molecule is Cc1ccc(C(=O)Nc2cc(C(C)(C)C)ccc2S(C)=O)cc1-c1ncc(C(=O)O)[nH]1. The topological polar surface area (TPSA) is 112 Å². The van der Waals surface area contributed by atoms with E-state index in [4.69, 9.17) is 5.11 Å². The molecule has 0 fully saturated rings. The molecule has 0 spiro atoms. The molecule has 1 heterocycles. The van der Waals surface area contributed by atoms with Gasteiger partial charge >= 0.3 is 5.97 Å². The van der Waals surface area contributed by atoms with Crippen molar-refractivity contribution in [3.63, 3.8) is 0 Å². The molecule has 3 N–H and O–H groups in total. The van der Waals surface area contributed by atoms with Crippen molar-refractivity contribution in [3.8, 4) is 11.4 Å². The smallest absolute Gasteiger partial charge is 0.353 e. The monoisotopic (exact) mass is 439 g/mol. The minimum Gasteiger partial charge on any atom is -0.477 e. The molecule has 3 rings (SSSR count). The first-order valence-corrected chi connectivity index (χ1v) is 11.2. The van der Waals surface area contributed by atoms with Gasteiger partial charge in [0.2, 0.25) is 0 Å². The fraction of sp³-hybridized carbons (Fsp3) is 0.261. The highest BCUT2D eigenvalue weighted by Crippen LogP contribution is 2.29. The number of carbonyl (C=O) groups excluding carboxylic acids is 1. The number of nitrogens with one attached hydrogen (secondary N) is 2. The number of aromatic amines is 1. The lowest BCUT2D eigenvalue weighted by Gasteiger charge is -2.21. The van der Waals surface area contributed by atoms with Crippen molar-refractivity contribution < 1.29 is 18.9 Å². The van der Waals surface area contributed by atoms with Crippen molar-refractivity contribution in [2.45, 2.75) is 38.0 Å². The molecular weight excluding hydrogens is 414 g/mol. The van der Waals surface area contributed by atoms with Crippen LogP contribution in [0.25, 0.3) is 11.4 Å². The molecule has 7 nitrogen and oxygen atoms in total. The predicted octanol–water partition coefficient (Wildman–Crippen LogP) is 4.37. The number of aromatic nitrogens is 2. The van der Waals surface area contributed by atoms with Crippen LogP contribution in [0.5, 0.6) is 0 Å². The van der Waals surface area contributed by atoms with Gasteiger partial charge in [-0.1, -0.05) is 32.9 Å². The number of carboxylic acids is 1. The molecule has 2 aromatic carbocycles. The number of H-pyrrole nitrogens is 1. The van der Waals surface area contributed by atoms with Gasteiger partial charge in [-0.15, -0.1) is 0 Å². The van der Waals surface area contributed by atoms with Crippen LogP contribution in [0.4, 0.5) is 5.69 Å². The number of carbonyl (C=O) groups is 2. The average Bonchev–Trinajstić information content (AvgIpc) is 3.17. The number of carboxylic acid groups (broad SMARTS) is 1. The number of hydrogen-bond donors (Lipinski definition) is 3. The van der Waals surface area contributed by atoms with E-state index in [0.717, 1.165) is 11.1 Å². The normalized spacial score (nSPS) is 12.4. The van der Waals surface area contributed by atoms with Gasteiger partial charge < -0.3 is 15.4 Å². The Morgan fingerprint density at radius 1 is 1.13 bits per heavy atom. The maximum Gasteiger partial charge on any atom is 0.353 e. The summed E-state index contributed by atoms with van der Waals surface area (Å²) in [6.45, 7) is 8.05. The van der Waals surface area contributed by atoms with E-state index in [0.29, 0.717) is 27.5 Å². The number of aryl methyl sites for hydroxylation is 1. The van der Waals surface area contributed by atoms with Crippen LogP contribution in [0.2, 0.25) is 0 Å². The summed E-state index contributed by atoms with van der Waals surface area (Å²) in [7, 11) is -1.27. The molecule has 1 atom stereocenters. The quantitative estimate of drug-likeness (QED) is 0.546.